The number of rotatable bonds is 5. The van der Waals surface area contributed by atoms with E-state index in [9.17, 15) is 9.18 Å². The van der Waals surface area contributed by atoms with E-state index in [4.69, 9.17) is 4.98 Å². The Kier molecular flexibility index (Phi) is 5.43. The van der Waals surface area contributed by atoms with Gasteiger partial charge in [-0.2, -0.15) is 0 Å². The fourth-order valence-corrected chi connectivity index (χ4v) is 5.93. The van der Waals surface area contributed by atoms with Gasteiger partial charge in [0.1, 0.15) is 11.6 Å². The number of benzene rings is 3. The molecular weight excluding hydrogens is 531 g/mol. The number of carbonyl (C=O) groups is 1. The Hall–Kier alpha value is -3.45. The van der Waals surface area contributed by atoms with Crippen LogP contribution >= 0.6 is 15.9 Å². The van der Waals surface area contributed by atoms with Gasteiger partial charge in [0.05, 0.1) is 15.5 Å². The number of likely N-dealkylation sites (tertiary alicyclic amines) is 1. The van der Waals surface area contributed by atoms with Gasteiger partial charge >= 0.3 is 0 Å². The fourth-order valence-electron chi connectivity index (χ4n) is 5.60. The first kappa shape index (κ1) is 22.7. The second-order valence-corrected chi connectivity index (χ2v) is 11.2. The number of amides is 1. The maximum atomic E-state index is 14.6. The van der Waals surface area contributed by atoms with E-state index in [0.29, 0.717) is 22.8 Å². The van der Waals surface area contributed by atoms with Crippen LogP contribution in [0.3, 0.4) is 0 Å². The van der Waals surface area contributed by atoms with E-state index in [2.05, 4.69) is 74.0 Å². The summed E-state index contributed by atoms with van der Waals surface area (Å²) in [5.74, 6) is 1.39. The van der Waals surface area contributed by atoms with E-state index >= 15 is 0 Å². The summed E-state index contributed by atoms with van der Waals surface area (Å²) in [5, 5.41) is 1.18. The Morgan fingerprint density at radius 2 is 1.78 bits per heavy atom. The van der Waals surface area contributed by atoms with Gasteiger partial charge in [0.15, 0.2) is 0 Å². The van der Waals surface area contributed by atoms with Crippen LogP contribution in [0.5, 0.6) is 0 Å². The quantitative estimate of drug-likeness (QED) is 0.253. The summed E-state index contributed by atoms with van der Waals surface area (Å²) in [7, 11) is 0. The lowest BCUT2D eigenvalue weighted by Gasteiger charge is -2.18. The topological polar surface area (TPSA) is 53.9 Å². The number of fused-ring (bicyclic) bond motifs is 2. The van der Waals surface area contributed by atoms with Gasteiger partial charge < -0.3 is 14.5 Å². The van der Waals surface area contributed by atoms with Crippen molar-refractivity contribution < 1.29 is 9.18 Å². The molecule has 7 rings (SSSR count). The minimum Gasteiger partial charge on any atom is -0.361 e. The number of imidazole rings is 1. The molecule has 7 heteroatoms. The molecule has 1 amide bonds. The largest absolute Gasteiger partial charge is 0.361 e. The van der Waals surface area contributed by atoms with Gasteiger partial charge in [-0.1, -0.05) is 30.3 Å². The first-order valence-electron chi connectivity index (χ1n) is 12.9. The molecule has 0 bridgehead atoms. The van der Waals surface area contributed by atoms with Crippen LogP contribution in [0.2, 0.25) is 0 Å². The maximum Gasteiger partial charge on any atom is 0.225 e. The van der Waals surface area contributed by atoms with E-state index in [-0.39, 0.29) is 11.7 Å². The van der Waals surface area contributed by atoms with Crippen LogP contribution in [0.1, 0.15) is 19.3 Å². The predicted octanol–water partition coefficient (Wildman–Crippen LogP) is 7.01. The summed E-state index contributed by atoms with van der Waals surface area (Å²) in [6, 6.07) is 20.2. The molecule has 1 aliphatic heterocycles. The Labute approximate surface area is 222 Å². The van der Waals surface area contributed by atoms with Crippen molar-refractivity contribution in [3.63, 3.8) is 0 Å². The third-order valence-electron chi connectivity index (χ3n) is 7.78. The molecule has 0 radical (unpaired) electrons. The fraction of sp³-hybridized carbons (Fsp3) is 0.267. The lowest BCUT2D eigenvalue weighted by molar-refractivity contribution is -0.131. The van der Waals surface area contributed by atoms with E-state index in [1.165, 1.54) is 5.39 Å². The number of H-pyrrole nitrogens is 1. The number of halogens is 2. The lowest BCUT2D eigenvalue weighted by Crippen LogP contribution is -2.30. The van der Waals surface area contributed by atoms with Crippen molar-refractivity contribution >= 4 is 43.8 Å². The molecule has 5 nitrogen and oxygen atoms in total. The van der Waals surface area contributed by atoms with E-state index in [0.717, 1.165) is 71.4 Å². The zero-order valence-electron chi connectivity index (χ0n) is 20.3. The molecule has 3 aromatic carbocycles. The summed E-state index contributed by atoms with van der Waals surface area (Å²) < 4.78 is 17.2. The summed E-state index contributed by atoms with van der Waals surface area (Å²) in [5.41, 5.74) is 5.94. The standard InChI is InChI=1S/C30H26BrFN4O/c31-24-14-27-28(15-25(24)32)36(17-18-10-12-35(16-18)30(37)21-5-6-21)29(34-27)20-3-1-19(2-4-20)22-7-8-26-23(13-22)9-11-33-26/h1-4,7-9,11,13-15,18,21,33H,5-6,10,12,16-17H2. The first-order chi connectivity index (χ1) is 18.0. The molecule has 3 heterocycles. The van der Waals surface area contributed by atoms with Crippen molar-refractivity contribution in [2.24, 2.45) is 11.8 Å². The summed E-state index contributed by atoms with van der Waals surface area (Å²) in [6.07, 6.45) is 4.96. The van der Waals surface area contributed by atoms with Crippen molar-refractivity contribution in [1.29, 1.82) is 0 Å². The number of hydrogen-bond acceptors (Lipinski definition) is 2. The van der Waals surface area contributed by atoms with Crippen LogP contribution in [0.25, 0.3) is 44.5 Å². The van der Waals surface area contributed by atoms with E-state index in [1.807, 2.05) is 11.1 Å². The van der Waals surface area contributed by atoms with Gasteiger partial charge in [0, 0.05) is 48.9 Å². The van der Waals surface area contributed by atoms with Crippen LogP contribution in [-0.2, 0) is 11.3 Å². The lowest BCUT2D eigenvalue weighted by atomic mass is 10.0. The predicted molar refractivity (Wildman–Crippen MR) is 148 cm³/mol. The summed E-state index contributed by atoms with van der Waals surface area (Å²) in [4.78, 5) is 22.8. The third kappa shape index (κ3) is 4.15. The average Bonchev–Trinajstić information content (AvgIpc) is 3.31. The van der Waals surface area contributed by atoms with Crippen molar-refractivity contribution in [1.82, 2.24) is 19.4 Å². The van der Waals surface area contributed by atoms with Gasteiger partial charge in [-0.05, 0) is 81.9 Å². The highest BCUT2D eigenvalue weighted by Crippen LogP contribution is 2.35. The number of nitrogens with one attached hydrogen (secondary N) is 1. The average molecular weight is 557 g/mol. The minimum absolute atomic E-state index is 0.242. The zero-order valence-corrected chi connectivity index (χ0v) is 21.8. The number of hydrogen-bond donors (Lipinski definition) is 1. The Morgan fingerprint density at radius 1 is 1.00 bits per heavy atom. The second-order valence-electron chi connectivity index (χ2n) is 10.4. The molecule has 1 N–H and O–H groups in total. The Balaban J connectivity index is 1.23. The normalized spacial score (nSPS) is 17.8. The highest BCUT2D eigenvalue weighted by atomic mass is 79.9. The number of carbonyl (C=O) groups excluding carboxylic acids is 1. The molecule has 37 heavy (non-hydrogen) atoms. The van der Waals surface area contributed by atoms with E-state index < -0.39 is 0 Å². The van der Waals surface area contributed by atoms with Gasteiger partial charge in [-0.25, -0.2) is 9.37 Å². The molecule has 1 aliphatic carbocycles. The van der Waals surface area contributed by atoms with Gasteiger partial charge in [0.2, 0.25) is 5.91 Å². The molecule has 186 valence electrons. The molecule has 0 spiro atoms. The molecule has 1 unspecified atom stereocenters. The van der Waals surface area contributed by atoms with E-state index in [1.54, 1.807) is 12.1 Å². The van der Waals surface area contributed by atoms with Gasteiger partial charge in [0.25, 0.3) is 0 Å². The SMILES string of the molecule is O=C(C1CC1)N1CCC(Cn2c(-c3ccc(-c4ccc5[nH]ccc5c4)cc3)nc3cc(Br)c(F)cc32)C1. The summed E-state index contributed by atoms with van der Waals surface area (Å²) in [6.45, 7) is 2.27. The van der Waals surface area contributed by atoms with Crippen LogP contribution in [-0.4, -0.2) is 38.4 Å². The first-order valence-corrected chi connectivity index (χ1v) is 13.6. The monoisotopic (exact) mass is 556 g/mol. The van der Waals surface area contributed by atoms with Crippen molar-refractivity contribution in [2.45, 2.75) is 25.8 Å². The van der Waals surface area contributed by atoms with Crippen LogP contribution in [0.15, 0.2) is 71.3 Å². The number of nitrogens with zero attached hydrogens (tertiary/aromatic N) is 3. The van der Waals surface area contributed by atoms with Crippen molar-refractivity contribution in [3.8, 4) is 22.5 Å². The van der Waals surface area contributed by atoms with Crippen LogP contribution in [0.4, 0.5) is 4.39 Å². The molecule has 1 saturated heterocycles. The van der Waals surface area contributed by atoms with Crippen LogP contribution < -0.4 is 0 Å². The minimum atomic E-state index is -0.298. The van der Waals surface area contributed by atoms with Crippen LogP contribution in [0, 0.1) is 17.7 Å². The molecule has 1 saturated carbocycles. The number of aromatic nitrogens is 3. The molecule has 2 aromatic heterocycles. The van der Waals surface area contributed by atoms with Crippen molar-refractivity contribution in [3.05, 3.63) is 77.2 Å². The van der Waals surface area contributed by atoms with Gasteiger partial charge in [-0.15, -0.1) is 0 Å². The molecular formula is C30H26BrFN4O. The molecule has 1 atom stereocenters. The molecule has 2 aliphatic rings. The zero-order chi connectivity index (χ0) is 25.1. The second kappa shape index (κ2) is 8.84. The highest BCUT2D eigenvalue weighted by Gasteiger charge is 2.36. The molecule has 2 fully saturated rings. The number of aromatic amines is 1. The Bertz CT molecular complexity index is 1650. The third-order valence-corrected chi connectivity index (χ3v) is 8.39. The Morgan fingerprint density at radius 3 is 2.59 bits per heavy atom. The summed E-state index contributed by atoms with van der Waals surface area (Å²) >= 11 is 3.32. The molecule has 5 aromatic rings. The maximum absolute atomic E-state index is 14.6. The smallest absolute Gasteiger partial charge is 0.225 e. The highest BCUT2D eigenvalue weighted by molar-refractivity contribution is 9.10. The van der Waals surface area contributed by atoms with Crippen molar-refractivity contribution in [2.75, 3.05) is 13.1 Å². The van der Waals surface area contributed by atoms with Gasteiger partial charge in [-0.3, -0.25) is 4.79 Å².